The van der Waals surface area contributed by atoms with Crippen molar-refractivity contribution in [1.29, 1.82) is 0 Å². The average molecular weight is 379 g/mol. The van der Waals surface area contributed by atoms with Crippen molar-refractivity contribution in [3.63, 3.8) is 0 Å². The Bertz CT molecular complexity index is 937. The van der Waals surface area contributed by atoms with Crippen LogP contribution in [0.4, 0.5) is 0 Å². The van der Waals surface area contributed by atoms with Gasteiger partial charge >= 0.3 is 0 Å². The van der Waals surface area contributed by atoms with E-state index in [0.29, 0.717) is 13.2 Å². The topological polar surface area (TPSA) is 9.23 Å². The molecule has 0 radical (unpaired) electrons. The Hall–Kier alpha value is -3.16. The second-order valence-corrected chi connectivity index (χ2v) is 7.35. The quantitative estimate of drug-likeness (QED) is 0.336. The van der Waals surface area contributed by atoms with Gasteiger partial charge < -0.3 is 4.74 Å². The van der Waals surface area contributed by atoms with Crippen LogP contribution in [0.15, 0.2) is 109 Å². The Balaban J connectivity index is 1.41. The second-order valence-electron chi connectivity index (χ2n) is 7.35. The molecule has 0 aliphatic heterocycles. The molecule has 0 aromatic heterocycles. The van der Waals surface area contributed by atoms with Gasteiger partial charge in [0.05, 0.1) is 13.2 Å². The molecule has 0 amide bonds. The van der Waals surface area contributed by atoms with Crippen LogP contribution in [0.25, 0.3) is 0 Å². The molecule has 0 heterocycles. The van der Waals surface area contributed by atoms with E-state index in [0.717, 1.165) is 12.8 Å². The number of hydrogen-bond donors (Lipinski definition) is 0. The van der Waals surface area contributed by atoms with Crippen molar-refractivity contribution in [2.24, 2.45) is 0 Å². The molecule has 0 spiro atoms. The van der Waals surface area contributed by atoms with Gasteiger partial charge in [-0.15, -0.1) is 0 Å². The van der Waals surface area contributed by atoms with Gasteiger partial charge in [0, 0.05) is 0 Å². The van der Waals surface area contributed by atoms with Crippen LogP contribution in [0.2, 0.25) is 0 Å². The molecule has 0 saturated heterocycles. The smallest absolute Gasteiger partial charge is 0.0724 e. The Kier molecular flexibility index (Phi) is 6.52. The van der Waals surface area contributed by atoms with Gasteiger partial charge in [0.2, 0.25) is 0 Å². The predicted octanol–water partition coefficient (Wildman–Crippen LogP) is 6.59. The summed E-state index contributed by atoms with van der Waals surface area (Å²) in [6, 6.07) is 38.4. The Morgan fingerprint density at radius 3 is 1.14 bits per heavy atom. The number of hydrogen-bond acceptors (Lipinski definition) is 1. The minimum atomic E-state index is 0.628. The van der Waals surface area contributed by atoms with Crippen LogP contribution in [0.5, 0.6) is 0 Å². The Morgan fingerprint density at radius 2 is 0.724 bits per heavy atom. The lowest BCUT2D eigenvalue weighted by Crippen LogP contribution is -2.02. The summed E-state index contributed by atoms with van der Waals surface area (Å²) in [6.45, 7) is 1.26. The van der Waals surface area contributed by atoms with Crippen LogP contribution < -0.4 is 0 Å². The highest BCUT2D eigenvalue weighted by atomic mass is 16.5. The lowest BCUT2D eigenvalue weighted by atomic mass is 9.99. The largest absolute Gasteiger partial charge is 0.372 e. The highest BCUT2D eigenvalue weighted by Gasteiger charge is 2.06. The van der Waals surface area contributed by atoms with E-state index in [1.165, 1.54) is 33.4 Å². The summed E-state index contributed by atoms with van der Waals surface area (Å²) in [7, 11) is 0. The molecule has 0 N–H and O–H groups in total. The third kappa shape index (κ3) is 5.43. The molecular weight excluding hydrogens is 352 g/mol. The van der Waals surface area contributed by atoms with Gasteiger partial charge in [-0.3, -0.25) is 0 Å². The first-order chi connectivity index (χ1) is 14.4. The lowest BCUT2D eigenvalue weighted by Gasteiger charge is -2.13. The molecular formula is C28H26O. The summed E-state index contributed by atoms with van der Waals surface area (Å²) >= 11 is 0. The zero-order valence-electron chi connectivity index (χ0n) is 16.6. The molecule has 1 heteroatoms. The van der Waals surface area contributed by atoms with E-state index >= 15 is 0 Å². The summed E-state index contributed by atoms with van der Waals surface area (Å²) in [5.41, 5.74) is 7.84. The molecule has 4 rings (SSSR count). The zero-order valence-corrected chi connectivity index (χ0v) is 16.6. The van der Waals surface area contributed by atoms with Crippen molar-refractivity contribution in [2.45, 2.75) is 26.1 Å². The third-order valence-corrected chi connectivity index (χ3v) is 5.23. The molecule has 0 fully saturated rings. The van der Waals surface area contributed by atoms with E-state index in [9.17, 15) is 0 Å². The normalized spacial score (nSPS) is 10.8. The van der Waals surface area contributed by atoms with Gasteiger partial charge in [-0.2, -0.15) is 0 Å². The van der Waals surface area contributed by atoms with Gasteiger partial charge in [0.1, 0.15) is 0 Å². The van der Waals surface area contributed by atoms with Crippen molar-refractivity contribution >= 4 is 0 Å². The monoisotopic (exact) mass is 378 g/mol. The van der Waals surface area contributed by atoms with Crippen molar-refractivity contribution in [3.8, 4) is 0 Å². The molecule has 0 aliphatic carbocycles. The second kappa shape index (κ2) is 9.86. The van der Waals surface area contributed by atoms with Crippen molar-refractivity contribution in [3.05, 3.63) is 143 Å². The number of ether oxygens (including phenoxy) is 1. The first kappa shape index (κ1) is 19.2. The van der Waals surface area contributed by atoms with Gasteiger partial charge in [0.15, 0.2) is 0 Å². The van der Waals surface area contributed by atoms with Crippen LogP contribution in [-0.2, 0) is 30.8 Å². The molecule has 1 nitrogen and oxygen atoms in total. The molecule has 144 valence electrons. The van der Waals surface area contributed by atoms with Crippen LogP contribution in [-0.4, -0.2) is 0 Å². The number of rotatable bonds is 8. The van der Waals surface area contributed by atoms with Crippen LogP contribution in [0.1, 0.15) is 33.4 Å². The van der Waals surface area contributed by atoms with E-state index in [4.69, 9.17) is 4.74 Å². The molecule has 4 aromatic carbocycles. The average Bonchev–Trinajstić information content (AvgIpc) is 2.78. The Morgan fingerprint density at radius 1 is 0.379 bits per heavy atom. The minimum absolute atomic E-state index is 0.628. The Labute approximate surface area is 173 Å². The molecule has 29 heavy (non-hydrogen) atoms. The lowest BCUT2D eigenvalue weighted by molar-refractivity contribution is 0.106. The molecule has 4 aromatic rings. The van der Waals surface area contributed by atoms with E-state index < -0.39 is 0 Å². The van der Waals surface area contributed by atoms with Crippen LogP contribution in [0, 0.1) is 0 Å². The molecule has 0 aliphatic rings. The molecule has 0 bridgehead atoms. The fourth-order valence-electron chi connectivity index (χ4n) is 3.64. The van der Waals surface area contributed by atoms with Gasteiger partial charge in [-0.05, 0) is 46.2 Å². The van der Waals surface area contributed by atoms with E-state index in [1.54, 1.807) is 0 Å². The number of benzene rings is 4. The zero-order chi connectivity index (χ0) is 19.7. The van der Waals surface area contributed by atoms with Gasteiger partial charge in [0.25, 0.3) is 0 Å². The SMILES string of the molecule is c1ccc(Cc2ccccc2COCc2ccccc2Cc2ccccc2)cc1. The maximum atomic E-state index is 6.16. The maximum Gasteiger partial charge on any atom is 0.0724 e. The first-order valence-corrected chi connectivity index (χ1v) is 10.2. The standard InChI is InChI=1S/C28H26O/c1-3-11-23(12-4-1)19-25-15-7-9-17-27(25)21-29-22-28-18-10-8-16-26(28)20-24-13-5-2-6-14-24/h1-18H,19-22H2. The van der Waals surface area contributed by atoms with Gasteiger partial charge in [-0.25, -0.2) is 0 Å². The highest BCUT2D eigenvalue weighted by molar-refractivity contribution is 5.34. The summed E-state index contributed by atoms with van der Waals surface area (Å²) in [4.78, 5) is 0. The highest BCUT2D eigenvalue weighted by Crippen LogP contribution is 2.18. The summed E-state index contributed by atoms with van der Waals surface area (Å²) in [5, 5.41) is 0. The first-order valence-electron chi connectivity index (χ1n) is 10.2. The maximum absolute atomic E-state index is 6.16. The van der Waals surface area contributed by atoms with Crippen molar-refractivity contribution < 1.29 is 4.74 Å². The molecule has 0 atom stereocenters. The van der Waals surface area contributed by atoms with E-state index in [-0.39, 0.29) is 0 Å². The summed E-state index contributed by atoms with van der Waals surface area (Å²) in [6.07, 6.45) is 1.87. The molecule has 0 unspecified atom stereocenters. The minimum Gasteiger partial charge on any atom is -0.372 e. The van der Waals surface area contributed by atoms with Crippen molar-refractivity contribution in [1.82, 2.24) is 0 Å². The summed E-state index contributed by atoms with van der Waals surface area (Å²) < 4.78 is 6.16. The fraction of sp³-hybridized carbons (Fsp3) is 0.143. The van der Waals surface area contributed by atoms with E-state index in [1.807, 2.05) is 0 Å². The summed E-state index contributed by atoms with van der Waals surface area (Å²) in [5.74, 6) is 0. The predicted molar refractivity (Wildman–Crippen MR) is 120 cm³/mol. The molecule has 0 saturated carbocycles. The van der Waals surface area contributed by atoms with Crippen molar-refractivity contribution in [2.75, 3.05) is 0 Å². The fourth-order valence-corrected chi connectivity index (χ4v) is 3.64. The van der Waals surface area contributed by atoms with Crippen LogP contribution in [0.3, 0.4) is 0 Å². The third-order valence-electron chi connectivity index (χ3n) is 5.23. The van der Waals surface area contributed by atoms with Crippen LogP contribution >= 0.6 is 0 Å². The van der Waals surface area contributed by atoms with E-state index in [2.05, 4.69) is 109 Å². The van der Waals surface area contributed by atoms with Gasteiger partial charge in [-0.1, -0.05) is 109 Å².